The summed E-state index contributed by atoms with van der Waals surface area (Å²) in [4.78, 5) is 25.7. The molecule has 5 nitrogen and oxygen atoms in total. The summed E-state index contributed by atoms with van der Waals surface area (Å²) in [6.07, 6.45) is 6.51. The number of likely N-dealkylation sites (tertiary alicyclic amines) is 1. The number of hydrogen-bond acceptors (Lipinski definition) is 4. The number of nitrogens with zero attached hydrogens (tertiary/aromatic N) is 1. The number of rotatable bonds is 3. The maximum atomic E-state index is 12.3. The first-order valence-electron chi connectivity index (χ1n) is 7.73. The van der Waals surface area contributed by atoms with Crippen molar-refractivity contribution in [1.82, 2.24) is 4.90 Å². The van der Waals surface area contributed by atoms with Gasteiger partial charge in [0, 0.05) is 25.6 Å². The third-order valence-corrected chi connectivity index (χ3v) is 4.79. The third-order valence-electron chi connectivity index (χ3n) is 4.79. The first kappa shape index (κ1) is 18.2. The molecule has 2 fully saturated rings. The van der Waals surface area contributed by atoms with Crippen LogP contribution in [0.5, 0.6) is 0 Å². The van der Waals surface area contributed by atoms with Crippen LogP contribution in [0.2, 0.25) is 0 Å². The van der Waals surface area contributed by atoms with Gasteiger partial charge in [0.1, 0.15) is 0 Å². The number of esters is 1. The molecule has 0 aromatic carbocycles. The van der Waals surface area contributed by atoms with E-state index in [-0.39, 0.29) is 36.2 Å². The molecule has 1 aliphatic heterocycles. The van der Waals surface area contributed by atoms with Crippen LogP contribution in [0.4, 0.5) is 0 Å². The highest BCUT2D eigenvalue weighted by molar-refractivity contribution is 5.85. The van der Waals surface area contributed by atoms with Crippen LogP contribution in [0.1, 0.15) is 44.9 Å². The van der Waals surface area contributed by atoms with Gasteiger partial charge in [-0.15, -0.1) is 12.4 Å². The van der Waals surface area contributed by atoms with Gasteiger partial charge in [-0.3, -0.25) is 9.59 Å². The molecule has 0 radical (unpaired) electrons. The molecular weight excluding hydrogens is 292 g/mol. The summed E-state index contributed by atoms with van der Waals surface area (Å²) in [6, 6.07) is 0.181. The van der Waals surface area contributed by atoms with Gasteiger partial charge >= 0.3 is 5.97 Å². The highest BCUT2D eigenvalue weighted by Crippen LogP contribution is 2.27. The average Bonchev–Trinajstić information content (AvgIpc) is 2.49. The molecule has 122 valence electrons. The van der Waals surface area contributed by atoms with E-state index in [1.54, 1.807) is 0 Å². The first-order chi connectivity index (χ1) is 9.61. The average molecular weight is 319 g/mol. The minimum absolute atomic E-state index is 0. The van der Waals surface area contributed by atoms with Gasteiger partial charge in [0.2, 0.25) is 5.91 Å². The maximum absolute atomic E-state index is 12.3. The molecule has 1 heterocycles. The van der Waals surface area contributed by atoms with Crippen LogP contribution in [0.25, 0.3) is 0 Å². The zero-order valence-electron chi connectivity index (χ0n) is 12.8. The van der Waals surface area contributed by atoms with Crippen molar-refractivity contribution >= 4 is 24.3 Å². The molecule has 0 aromatic heterocycles. The fourth-order valence-corrected chi connectivity index (χ4v) is 3.37. The Morgan fingerprint density at radius 1 is 1.14 bits per heavy atom. The first-order valence-corrected chi connectivity index (χ1v) is 7.73. The molecule has 21 heavy (non-hydrogen) atoms. The van der Waals surface area contributed by atoms with Crippen LogP contribution in [0.3, 0.4) is 0 Å². The number of hydrogen-bond donors (Lipinski definition) is 1. The van der Waals surface area contributed by atoms with Crippen LogP contribution >= 0.6 is 12.4 Å². The largest absolute Gasteiger partial charge is 0.469 e. The van der Waals surface area contributed by atoms with Crippen LogP contribution in [-0.2, 0) is 14.3 Å². The quantitative estimate of drug-likeness (QED) is 0.804. The van der Waals surface area contributed by atoms with E-state index in [1.807, 2.05) is 4.90 Å². The smallest absolute Gasteiger partial charge is 0.308 e. The van der Waals surface area contributed by atoms with Crippen molar-refractivity contribution in [2.75, 3.05) is 20.2 Å². The van der Waals surface area contributed by atoms with Crippen LogP contribution in [0.15, 0.2) is 0 Å². The number of piperidine rings is 1. The van der Waals surface area contributed by atoms with E-state index in [0.29, 0.717) is 25.4 Å². The monoisotopic (exact) mass is 318 g/mol. The molecule has 0 bridgehead atoms. The van der Waals surface area contributed by atoms with Crippen LogP contribution in [-0.4, -0.2) is 43.0 Å². The molecule has 2 unspecified atom stereocenters. The highest BCUT2D eigenvalue weighted by atomic mass is 35.5. The lowest BCUT2D eigenvalue weighted by atomic mass is 9.82. The zero-order valence-corrected chi connectivity index (χ0v) is 13.6. The van der Waals surface area contributed by atoms with E-state index >= 15 is 0 Å². The van der Waals surface area contributed by atoms with Gasteiger partial charge < -0.3 is 15.4 Å². The summed E-state index contributed by atoms with van der Waals surface area (Å²) in [5.41, 5.74) is 6.10. The second kappa shape index (κ2) is 8.59. The molecule has 2 N–H and O–H groups in total. The second-order valence-electron chi connectivity index (χ2n) is 6.09. The van der Waals surface area contributed by atoms with Gasteiger partial charge in [-0.25, -0.2) is 0 Å². The number of nitrogens with two attached hydrogens (primary N) is 1. The second-order valence-corrected chi connectivity index (χ2v) is 6.09. The summed E-state index contributed by atoms with van der Waals surface area (Å²) in [7, 11) is 1.42. The Labute approximate surface area is 133 Å². The van der Waals surface area contributed by atoms with Crippen molar-refractivity contribution < 1.29 is 14.3 Å². The van der Waals surface area contributed by atoms with E-state index in [0.717, 1.165) is 25.7 Å². The van der Waals surface area contributed by atoms with E-state index in [2.05, 4.69) is 0 Å². The minimum atomic E-state index is -0.147. The van der Waals surface area contributed by atoms with E-state index in [9.17, 15) is 9.59 Å². The predicted octanol–water partition coefficient (Wildman–Crippen LogP) is 1.73. The molecule has 0 aromatic rings. The Morgan fingerprint density at radius 3 is 2.33 bits per heavy atom. The lowest BCUT2D eigenvalue weighted by molar-refractivity contribution is -0.149. The number of methoxy groups -OCH3 is 1. The summed E-state index contributed by atoms with van der Waals surface area (Å²) < 4.78 is 4.76. The van der Waals surface area contributed by atoms with Crippen molar-refractivity contribution in [3.05, 3.63) is 0 Å². The fourth-order valence-electron chi connectivity index (χ4n) is 3.37. The molecule has 1 saturated heterocycles. The number of amides is 1. The molecule has 1 amide bonds. The van der Waals surface area contributed by atoms with Gasteiger partial charge in [0.15, 0.2) is 0 Å². The Kier molecular flexibility index (Phi) is 7.46. The van der Waals surface area contributed by atoms with Gasteiger partial charge in [0.25, 0.3) is 0 Å². The van der Waals surface area contributed by atoms with E-state index in [1.165, 1.54) is 20.0 Å². The standard InChI is InChI=1S/C15H26N2O3.ClH/c1-20-15(19)11-6-8-17(9-7-11)14(18)10-12-4-2-3-5-13(12)16;/h11-13H,2-10,16H2,1H3;1H. The molecule has 2 aliphatic rings. The molecule has 1 aliphatic carbocycles. The Bertz CT molecular complexity index is 357. The number of carbonyl (C=O) groups is 2. The molecule has 0 spiro atoms. The SMILES string of the molecule is COC(=O)C1CCN(C(=O)CC2CCCCC2N)CC1.Cl. The van der Waals surface area contributed by atoms with Gasteiger partial charge in [-0.05, 0) is 31.6 Å². The van der Waals surface area contributed by atoms with Crippen molar-refractivity contribution in [1.29, 1.82) is 0 Å². The molecule has 1 saturated carbocycles. The van der Waals surface area contributed by atoms with Gasteiger partial charge in [-0.2, -0.15) is 0 Å². The summed E-state index contributed by atoms with van der Waals surface area (Å²) >= 11 is 0. The Hall–Kier alpha value is -0.810. The summed E-state index contributed by atoms with van der Waals surface area (Å²) in [5, 5.41) is 0. The Morgan fingerprint density at radius 2 is 1.76 bits per heavy atom. The van der Waals surface area contributed by atoms with Gasteiger partial charge in [0.05, 0.1) is 13.0 Å². The minimum Gasteiger partial charge on any atom is -0.469 e. The maximum Gasteiger partial charge on any atom is 0.308 e. The van der Waals surface area contributed by atoms with E-state index in [4.69, 9.17) is 10.5 Å². The fraction of sp³-hybridized carbons (Fsp3) is 0.867. The normalized spacial score (nSPS) is 26.9. The molecule has 6 heteroatoms. The van der Waals surface area contributed by atoms with Crippen molar-refractivity contribution in [2.45, 2.75) is 51.0 Å². The summed E-state index contributed by atoms with van der Waals surface area (Å²) in [6.45, 7) is 1.33. The van der Waals surface area contributed by atoms with Crippen molar-refractivity contribution in [3.63, 3.8) is 0 Å². The highest BCUT2D eigenvalue weighted by Gasteiger charge is 2.30. The molecule has 2 rings (SSSR count). The van der Waals surface area contributed by atoms with Crippen molar-refractivity contribution in [3.8, 4) is 0 Å². The predicted molar refractivity (Wildman–Crippen MR) is 83.1 cm³/mol. The lowest BCUT2D eigenvalue weighted by Crippen LogP contribution is -2.43. The van der Waals surface area contributed by atoms with Gasteiger partial charge in [-0.1, -0.05) is 12.8 Å². The lowest BCUT2D eigenvalue weighted by Gasteiger charge is -2.34. The topological polar surface area (TPSA) is 72.6 Å². The van der Waals surface area contributed by atoms with Crippen LogP contribution in [0, 0.1) is 11.8 Å². The third kappa shape index (κ3) is 4.85. The number of carbonyl (C=O) groups excluding carboxylic acids is 2. The molecule has 2 atom stereocenters. The molecular formula is C15H27ClN2O3. The Balaban J connectivity index is 0.00000220. The number of ether oxygens (including phenoxy) is 1. The van der Waals surface area contributed by atoms with Crippen molar-refractivity contribution in [2.24, 2.45) is 17.6 Å². The van der Waals surface area contributed by atoms with E-state index < -0.39 is 0 Å². The zero-order chi connectivity index (χ0) is 14.5. The summed E-state index contributed by atoms with van der Waals surface area (Å²) in [5.74, 6) is 0.359. The number of halogens is 1. The van der Waals surface area contributed by atoms with Crippen LogP contribution < -0.4 is 5.73 Å².